The van der Waals surface area contributed by atoms with Crippen LogP contribution in [-0.2, 0) is 7.05 Å². The lowest BCUT2D eigenvalue weighted by Crippen LogP contribution is -2.30. The van der Waals surface area contributed by atoms with E-state index in [2.05, 4.69) is 37.0 Å². The fourth-order valence-corrected chi connectivity index (χ4v) is 1.84. The Morgan fingerprint density at radius 3 is 2.88 bits per heavy atom. The highest BCUT2D eigenvalue weighted by Crippen LogP contribution is 2.14. The maximum Gasteiger partial charge on any atom is 0.0537 e. The second kappa shape index (κ2) is 6.48. The summed E-state index contributed by atoms with van der Waals surface area (Å²) in [6.07, 6.45) is 9.36. The zero-order valence-electron chi connectivity index (χ0n) is 10.6. The van der Waals surface area contributed by atoms with Gasteiger partial charge < -0.3 is 5.32 Å². The lowest BCUT2D eigenvalue weighted by molar-refractivity contribution is 0.422. The molecule has 1 aromatic rings. The summed E-state index contributed by atoms with van der Waals surface area (Å²) in [5, 5.41) is 7.82. The Balaban J connectivity index is 2.47. The molecule has 0 aliphatic heterocycles. The smallest absolute Gasteiger partial charge is 0.0537 e. The number of nitrogens with one attached hydrogen (secondary N) is 1. The van der Waals surface area contributed by atoms with Crippen molar-refractivity contribution in [3.05, 3.63) is 30.6 Å². The van der Waals surface area contributed by atoms with Crippen LogP contribution in [0.2, 0.25) is 0 Å². The Morgan fingerprint density at radius 1 is 1.62 bits per heavy atom. The molecule has 0 spiro atoms. The second-order valence-electron chi connectivity index (χ2n) is 4.31. The Hall–Kier alpha value is -1.09. The van der Waals surface area contributed by atoms with E-state index in [9.17, 15) is 0 Å². The van der Waals surface area contributed by atoms with Crippen LogP contribution in [-0.4, -0.2) is 15.8 Å². The largest absolute Gasteiger partial charge is 0.307 e. The molecule has 0 radical (unpaired) electrons. The predicted molar refractivity (Wildman–Crippen MR) is 68.3 cm³/mol. The molecule has 0 saturated carbocycles. The summed E-state index contributed by atoms with van der Waals surface area (Å²) in [5.74, 6) is 0. The predicted octanol–water partition coefficient (Wildman–Crippen LogP) is 2.82. The molecule has 1 rings (SSSR count). The van der Waals surface area contributed by atoms with Crippen LogP contribution in [0, 0.1) is 0 Å². The van der Waals surface area contributed by atoms with Crippen molar-refractivity contribution in [2.24, 2.45) is 7.05 Å². The monoisotopic (exact) mass is 221 g/mol. The number of aromatic nitrogens is 2. The van der Waals surface area contributed by atoms with E-state index >= 15 is 0 Å². The molecule has 0 aliphatic carbocycles. The van der Waals surface area contributed by atoms with Crippen molar-refractivity contribution in [1.29, 1.82) is 0 Å². The maximum atomic E-state index is 4.19. The Bertz CT molecular complexity index is 317. The van der Waals surface area contributed by atoms with Gasteiger partial charge in [0.15, 0.2) is 0 Å². The van der Waals surface area contributed by atoms with Crippen LogP contribution in [0.15, 0.2) is 25.0 Å². The third kappa shape index (κ3) is 3.81. The van der Waals surface area contributed by atoms with Crippen molar-refractivity contribution in [2.75, 3.05) is 0 Å². The summed E-state index contributed by atoms with van der Waals surface area (Å²) < 4.78 is 1.85. The zero-order chi connectivity index (χ0) is 12.0. The zero-order valence-corrected chi connectivity index (χ0v) is 10.6. The Morgan fingerprint density at radius 2 is 2.38 bits per heavy atom. The fraction of sp³-hybridized carbons (Fsp3) is 0.615. The summed E-state index contributed by atoms with van der Waals surface area (Å²) in [6.45, 7) is 8.17. The van der Waals surface area contributed by atoms with Gasteiger partial charge in [0.2, 0.25) is 0 Å². The van der Waals surface area contributed by atoms with Crippen LogP contribution in [0.5, 0.6) is 0 Å². The molecular formula is C13H23N3. The van der Waals surface area contributed by atoms with Gasteiger partial charge in [-0.25, -0.2) is 0 Å². The topological polar surface area (TPSA) is 29.9 Å². The normalized spacial score (nSPS) is 14.7. The molecule has 0 saturated heterocycles. The lowest BCUT2D eigenvalue weighted by Gasteiger charge is -2.21. The molecule has 0 aliphatic rings. The van der Waals surface area contributed by atoms with Crippen molar-refractivity contribution in [2.45, 2.75) is 45.2 Å². The maximum absolute atomic E-state index is 4.19. The highest BCUT2D eigenvalue weighted by molar-refractivity contribution is 5.09. The molecule has 90 valence electrons. The van der Waals surface area contributed by atoms with Gasteiger partial charge in [-0.1, -0.05) is 13.0 Å². The number of rotatable bonds is 7. The molecule has 0 amide bonds. The SMILES string of the molecule is C=CCC[C@@H](CC)N[C@H](C)c1cnn(C)c1. The average Bonchev–Trinajstić information content (AvgIpc) is 2.70. The van der Waals surface area contributed by atoms with E-state index in [4.69, 9.17) is 0 Å². The number of hydrogen-bond acceptors (Lipinski definition) is 2. The summed E-state index contributed by atoms with van der Waals surface area (Å²) in [6, 6.07) is 0.927. The first kappa shape index (κ1) is 13.0. The minimum Gasteiger partial charge on any atom is -0.307 e. The van der Waals surface area contributed by atoms with Gasteiger partial charge in [0, 0.05) is 30.9 Å². The summed E-state index contributed by atoms with van der Waals surface area (Å²) in [4.78, 5) is 0. The molecule has 0 fully saturated rings. The first-order valence-electron chi connectivity index (χ1n) is 6.02. The van der Waals surface area contributed by atoms with Gasteiger partial charge in [-0.15, -0.1) is 6.58 Å². The van der Waals surface area contributed by atoms with E-state index in [1.165, 1.54) is 5.56 Å². The van der Waals surface area contributed by atoms with Crippen molar-refractivity contribution in [1.82, 2.24) is 15.1 Å². The molecule has 3 heteroatoms. The van der Waals surface area contributed by atoms with Crippen LogP contribution in [0.1, 0.15) is 44.7 Å². The quantitative estimate of drug-likeness (QED) is 0.718. The van der Waals surface area contributed by atoms with Crippen molar-refractivity contribution < 1.29 is 0 Å². The van der Waals surface area contributed by atoms with Gasteiger partial charge >= 0.3 is 0 Å². The molecule has 1 heterocycles. The van der Waals surface area contributed by atoms with Crippen LogP contribution >= 0.6 is 0 Å². The van der Waals surface area contributed by atoms with Gasteiger partial charge in [-0.2, -0.15) is 5.10 Å². The van der Waals surface area contributed by atoms with Gasteiger partial charge in [-0.05, 0) is 26.2 Å². The lowest BCUT2D eigenvalue weighted by atomic mass is 10.1. The molecule has 0 bridgehead atoms. The molecule has 1 aromatic heterocycles. The van der Waals surface area contributed by atoms with Gasteiger partial charge in [0.05, 0.1) is 6.20 Å². The Labute approximate surface area is 98.5 Å². The number of aryl methyl sites for hydroxylation is 1. The highest BCUT2D eigenvalue weighted by atomic mass is 15.2. The third-order valence-electron chi connectivity index (χ3n) is 2.92. The average molecular weight is 221 g/mol. The summed E-state index contributed by atoms with van der Waals surface area (Å²) >= 11 is 0. The second-order valence-corrected chi connectivity index (χ2v) is 4.31. The first-order chi connectivity index (χ1) is 7.67. The molecule has 3 nitrogen and oxygen atoms in total. The van der Waals surface area contributed by atoms with E-state index in [0.29, 0.717) is 12.1 Å². The minimum atomic E-state index is 0.364. The van der Waals surface area contributed by atoms with E-state index < -0.39 is 0 Å². The van der Waals surface area contributed by atoms with Crippen molar-refractivity contribution >= 4 is 0 Å². The van der Waals surface area contributed by atoms with Gasteiger partial charge in [-0.3, -0.25) is 4.68 Å². The van der Waals surface area contributed by atoms with Crippen LogP contribution < -0.4 is 5.32 Å². The van der Waals surface area contributed by atoms with Crippen LogP contribution in [0.4, 0.5) is 0 Å². The molecule has 0 aromatic carbocycles. The van der Waals surface area contributed by atoms with E-state index in [1.54, 1.807) is 0 Å². The minimum absolute atomic E-state index is 0.364. The summed E-state index contributed by atoms with van der Waals surface area (Å²) in [5.41, 5.74) is 1.25. The third-order valence-corrected chi connectivity index (χ3v) is 2.92. The number of hydrogen-bond donors (Lipinski definition) is 1. The number of nitrogens with zero attached hydrogens (tertiary/aromatic N) is 2. The molecular weight excluding hydrogens is 198 g/mol. The molecule has 2 atom stereocenters. The van der Waals surface area contributed by atoms with E-state index in [-0.39, 0.29) is 0 Å². The standard InChI is InChI=1S/C13H23N3/c1-5-7-8-13(6-2)15-11(3)12-9-14-16(4)10-12/h5,9-11,13,15H,1,6-8H2,2-4H3/t11-,13-/m1/s1. The summed E-state index contributed by atoms with van der Waals surface area (Å²) in [7, 11) is 1.95. The van der Waals surface area contributed by atoms with E-state index in [0.717, 1.165) is 19.3 Å². The van der Waals surface area contributed by atoms with Crippen LogP contribution in [0.25, 0.3) is 0 Å². The van der Waals surface area contributed by atoms with Crippen molar-refractivity contribution in [3.63, 3.8) is 0 Å². The molecule has 1 N–H and O–H groups in total. The molecule has 0 unspecified atom stereocenters. The van der Waals surface area contributed by atoms with Gasteiger partial charge in [0.1, 0.15) is 0 Å². The number of allylic oxidation sites excluding steroid dienone is 1. The van der Waals surface area contributed by atoms with E-state index in [1.807, 2.05) is 24.0 Å². The van der Waals surface area contributed by atoms with Crippen molar-refractivity contribution in [3.8, 4) is 0 Å². The first-order valence-corrected chi connectivity index (χ1v) is 6.02. The van der Waals surface area contributed by atoms with Crippen LogP contribution in [0.3, 0.4) is 0 Å². The fourth-order valence-electron chi connectivity index (χ4n) is 1.84. The Kier molecular flexibility index (Phi) is 5.26. The highest BCUT2D eigenvalue weighted by Gasteiger charge is 2.12. The molecule has 16 heavy (non-hydrogen) atoms. The van der Waals surface area contributed by atoms with Gasteiger partial charge in [0.25, 0.3) is 0 Å².